The molecule has 26 heavy (non-hydrogen) atoms. The number of halogens is 2. The second-order valence-electron chi connectivity index (χ2n) is 7.16. The zero-order chi connectivity index (χ0) is 16.9. The molecule has 148 valence electrons. The molecule has 3 rings (SSSR count). The van der Waals surface area contributed by atoms with E-state index in [0.717, 1.165) is 57.7 Å². The van der Waals surface area contributed by atoms with E-state index in [9.17, 15) is 4.79 Å². The van der Waals surface area contributed by atoms with Gasteiger partial charge >= 0.3 is 0 Å². The number of likely N-dealkylation sites (tertiary alicyclic amines) is 1. The molecule has 1 amide bonds. The van der Waals surface area contributed by atoms with Gasteiger partial charge in [-0.05, 0) is 44.0 Å². The quantitative estimate of drug-likeness (QED) is 0.838. The van der Waals surface area contributed by atoms with Gasteiger partial charge in [-0.1, -0.05) is 12.1 Å². The van der Waals surface area contributed by atoms with E-state index in [1.165, 1.54) is 12.0 Å². The van der Waals surface area contributed by atoms with Crippen LogP contribution in [-0.4, -0.2) is 73.0 Å². The Balaban J connectivity index is 0.00000169. The van der Waals surface area contributed by atoms with Crippen LogP contribution in [0, 0.1) is 0 Å². The van der Waals surface area contributed by atoms with Crippen LogP contribution in [0.5, 0.6) is 0 Å². The van der Waals surface area contributed by atoms with E-state index >= 15 is 0 Å². The first kappa shape index (κ1) is 23.2. The molecule has 2 aliphatic heterocycles. The second kappa shape index (κ2) is 11.1. The number of nitrogens with two attached hydrogens (primary N) is 1. The molecule has 2 heterocycles. The van der Waals surface area contributed by atoms with Crippen molar-refractivity contribution >= 4 is 30.7 Å². The monoisotopic (exact) mass is 402 g/mol. The van der Waals surface area contributed by atoms with Gasteiger partial charge in [0.15, 0.2) is 0 Å². The van der Waals surface area contributed by atoms with Gasteiger partial charge < -0.3 is 15.5 Å². The molecule has 2 saturated heterocycles. The Kier molecular flexibility index (Phi) is 9.90. The molecule has 2 aliphatic rings. The number of carbonyl (C=O) groups is 1. The highest BCUT2D eigenvalue weighted by molar-refractivity contribution is 5.94. The van der Waals surface area contributed by atoms with Gasteiger partial charge in [0.2, 0.25) is 0 Å². The van der Waals surface area contributed by atoms with Gasteiger partial charge in [0.1, 0.15) is 0 Å². The Hall–Kier alpha value is -0.850. The molecule has 1 unspecified atom stereocenters. The van der Waals surface area contributed by atoms with Crippen molar-refractivity contribution in [3.05, 3.63) is 35.4 Å². The molecule has 0 radical (unpaired) electrons. The van der Waals surface area contributed by atoms with Crippen molar-refractivity contribution in [2.24, 2.45) is 5.73 Å². The summed E-state index contributed by atoms with van der Waals surface area (Å²) < 4.78 is 0. The number of amides is 1. The lowest BCUT2D eigenvalue weighted by Gasteiger charge is -2.35. The van der Waals surface area contributed by atoms with Crippen molar-refractivity contribution in [1.82, 2.24) is 14.7 Å². The third-order valence-corrected chi connectivity index (χ3v) is 5.34. The number of rotatable bonds is 4. The van der Waals surface area contributed by atoms with Gasteiger partial charge in [-0.15, -0.1) is 24.8 Å². The Morgan fingerprint density at radius 1 is 1.12 bits per heavy atom. The van der Waals surface area contributed by atoms with Crippen LogP contribution in [0.25, 0.3) is 0 Å². The summed E-state index contributed by atoms with van der Waals surface area (Å²) in [6.07, 6.45) is 3.29. The fourth-order valence-corrected chi connectivity index (χ4v) is 3.75. The minimum Gasteiger partial charge on any atom is -0.334 e. The second-order valence-corrected chi connectivity index (χ2v) is 7.16. The zero-order valence-corrected chi connectivity index (χ0v) is 17.2. The Labute approximate surface area is 169 Å². The van der Waals surface area contributed by atoms with E-state index in [4.69, 9.17) is 5.73 Å². The van der Waals surface area contributed by atoms with Gasteiger partial charge in [-0.3, -0.25) is 9.69 Å². The molecule has 1 atom stereocenters. The van der Waals surface area contributed by atoms with Crippen LogP contribution in [0.15, 0.2) is 24.3 Å². The van der Waals surface area contributed by atoms with E-state index in [-0.39, 0.29) is 36.8 Å². The highest BCUT2D eigenvalue weighted by atomic mass is 35.5. The summed E-state index contributed by atoms with van der Waals surface area (Å²) in [5.41, 5.74) is 7.91. The highest BCUT2D eigenvalue weighted by Crippen LogP contribution is 2.20. The molecule has 7 heteroatoms. The largest absolute Gasteiger partial charge is 0.334 e. The van der Waals surface area contributed by atoms with E-state index in [1.54, 1.807) is 0 Å². The molecular formula is C19H32Cl2N4O. The molecule has 0 aromatic heterocycles. The zero-order valence-electron chi connectivity index (χ0n) is 15.6. The van der Waals surface area contributed by atoms with Crippen LogP contribution in [0.3, 0.4) is 0 Å². The Morgan fingerprint density at radius 2 is 1.85 bits per heavy atom. The van der Waals surface area contributed by atoms with Gasteiger partial charge in [-0.2, -0.15) is 0 Å². The lowest BCUT2D eigenvalue weighted by atomic mass is 10.0. The summed E-state index contributed by atoms with van der Waals surface area (Å²) in [6.45, 7) is 6.74. The topological polar surface area (TPSA) is 52.8 Å². The number of carbonyl (C=O) groups excluding carboxylic acids is 1. The van der Waals surface area contributed by atoms with Crippen LogP contribution in [0.4, 0.5) is 0 Å². The van der Waals surface area contributed by atoms with Crippen LogP contribution in [0.2, 0.25) is 0 Å². The lowest BCUT2D eigenvalue weighted by molar-refractivity contribution is 0.0623. The highest BCUT2D eigenvalue weighted by Gasteiger charge is 2.26. The number of nitrogens with zero attached hydrogens (tertiary/aromatic N) is 3. The number of hydrogen-bond acceptors (Lipinski definition) is 4. The van der Waals surface area contributed by atoms with E-state index in [2.05, 4.69) is 29.0 Å². The summed E-state index contributed by atoms with van der Waals surface area (Å²) in [4.78, 5) is 19.7. The molecule has 1 aromatic carbocycles. The number of hydrogen-bond donors (Lipinski definition) is 1. The maximum absolute atomic E-state index is 12.9. The van der Waals surface area contributed by atoms with Gasteiger partial charge in [0, 0.05) is 57.4 Å². The minimum absolute atomic E-state index is 0. The standard InChI is InChI=1S/C19H30N4O.2ClH/c1-21-9-11-22(12-10-21)15-16-5-4-6-17(13-16)19(24)23-8-3-2-7-18(23)14-20;;/h4-6,13,18H,2-3,7-12,14-15,20H2,1H3;2*1H. The van der Waals surface area contributed by atoms with Crippen molar-refractivity contribution in [2.45, 2.75) is 31.8 Å². The molecule has 0 spiro atoms. The molecule has 0 aliphatic carbocycles. The third kappa shape index (κ3) is 5.83. The fraction of sp³-hybridized carbons (Fsp3) is 0.632. The Morgan fingerprint density at radius 3 is 2.54 bits per heavy atom. The molecule has 1 aromatic rings. The van der Waals surface area contributed by atoms with Gasteiger partial charge in [0.25, 0.3) is 5.91 Å². The maximum Gasteiger partial charge on any atom is 0.254 e. The van der Waals surface area contributed by atoms with Crippen molar-refractivity contribution in [2.75, 3.05) is 46.3 Å². The summed E-state index contributed by atoms with van der Waals surface area (Å²) in [5.74, 6) is 0.144. The number of piperazine rings is 1. The van der Waals surface area contributed by atoms with Gasteiger partial charge in [-0.25, -0.2) is 0 Å². The van der Waals surface area contributed by atoms with Crippen molar-refractivity contribution in [3.8, 4) is 0 Å². The average molecular weight is 403 g/mol. The number of likely N-dealkylation sites (N-methyl/N-ethyl adjacent to an activating group) is 1. The van der Waals surface area contributed by atoms with Crippen molar-refractivity contribution < 1.29 is 4.79 Å². The van der Waals surface area contributed by atoms with Gasteiger partial charge in [0.05, 0.1) is 0 Å². The number of piperidine rings is 1. The molecule has 2 N–H and O–H groups in total. The van der Waals surface area contributed by atoms with E-state index in [0.29, 0.717) is 6.54 Å². The lowest BCUT2D eigenvalue weighted by Crippen LogP contribution is -2.47. The van der Waals surface area contributed by atoms with Crippen LogP contribution in [-0.2, 0) is 6.54 Å². The molecule has 5 nitrogen and oxygen atoms in total. The van der Waals surface area contributed by atoms with E-state index < -0.39 is 0 Å². The minimum atomic E-state index is 0. The van der Waals surface area contributed by atoms with Crippen molar-refractivity contribution in [1.29, 1.82) is 0 Å². The summed E-state index contributed by atoms with van der Waals surface area (Å²) in [7, 11) is 2.17. The normalized spacial score (nSPS) is 21.6. The number of benzene rings is 1. The SMILES string of the molecule is CN1CCN(Cc2cccc(C(=O)N3CCCCC3CN)c2)CC1.Cl.Cl. The third-order valence-electron chi connectivity index (χ3n) is 5.34. The predicted molar refractivity (Wildman–Crippen MR) is 111 cm³/mol. The summed E-state index contributed by atoms with van der Waals surface area (Å²) >= 11 is 0. The molecule has 0 saturated carbocycles. The molecular weight excluding hydrogens is 371 g/mol. The first-order chi connectivity index (χ1) is 11.7. The maximum atomic E-state index is 12.9. The van der Waals surface area contributed by atoms with Crippen LogP contribution in [0.1, 0.15) is 35.2 Å². The summed E-state index contributed by atoms with van der Waals surface area (Å²) in [6, 6.07) is 8.36. The predicted octanol–water partition coefficient (Wildman–Crippen LogP) is 2.23. The van der Waals surface area contributed by atoms with Crippen LogP contribution < -0.4 is 5.73 Å². The Bertz CT molecular complexity index is 564. The van der Waals surface area contributed by atoms with E-state index in [1.807, 2.05) is 17.0 Å². The summed E-state index contributed by atoms with van der Waals surface area (Å²) in [5, 5.41) is 0. The van der Waals surface area contributed by atoms with Crippen molar-refractivity contribution in [3.63, 3.8) is 0 Å². The van der Waals surface area contributed by atoms with Crippen LogP contribution >= 0.6 is 24.8 Å². The first-order valence-corrected chi connectivity index (χ1v) is 9.18. The average Bonchev–Trinajstić information content (AvgIpc) is 2.63. The smallest absolute Gasteiger partial charge is 0.254 e. The molecule has 0 bridgehead atoms. The molecule has 2 fully saturated rings. The fourth-order valence-electron chi connectivity index (χ4n) is 3.75. The first-order valence-electron chi connectivity index (χ1n) is 9.18.